The van der Waals surface area contributed by atoms with Crippen LogP contribution in [0.15, 0.2) is 40.2 Å². The van der Waals surface area contributed by atoms with Gasteiger partial charge in [0.1, 0.15) is 5.03 Å². The van der Waals surface area contributed by atoms with Crippen molar-refractivity contribution >= 4 is 23.4 Å². The lowest BCUT2D eigenvalue weighted by Crippen LogP contribution is -2.30. The number of hydrogen-bond acceptors (Lipinski definition) is 7. The Morgan fingerprint density at radius 3 is 2.84 bits per heavy atom. The molecule has 0 fully saturated rings. The van der Waals surface area contributed by atoms with E-state index in [9.17, 15) is 14.9 Å². The van der Waals surface area contributed by atoms with E-state index in [0.717, 1.165) is 5.75 Å². The Kier molecular flexibility index (Phi) is 8.62. The van der Waals surface area contributed by atoms with Gasteiger partial charge >= 0.3 is 0 Å². The Morgan fingerprint density at radius 2 is 2.28 bits per heavy atom. The lowest BCUT2D eigenvalue weighted by atomic mass is 10.0. The lowest BCUT2D eigenvalue weighted by Gasteiger charge is -2.10. The average molecular weight is 366 g/mol. The molecule has 1 unspecified atom stereocenters. The molecule has 0 saturated carbocycles. The first-order chi connectivity index (χ1) is 11.9. The number of amides is 1. The Balaban J connectivity index is 2.84. The second-order valence-corrected chi connectivity index (χ2v) is 6.35. The van der Waals surface area contributed by atoms with Gasteiger partial charge in [0.25, 0.3) is 5.91 Å². The zero-order chi connectivity index (χ0) is 18.8. The minimum Gasteiger partial charge on any atom is -0.411 e. The third-order valence-electron chi connectivity index (χ3n) is 3.47. The lowest BCUT2D eigenvalue weighted by molar-refractivity contribution is -0.507. The van der Waals surface area contributed by atoms with E-state index in [1.54, 1.807) is 25.3 Å². The molecule has 0 aliphatic heterocycles. The van der Waals surface area contributed by atoms with Gasteiger partial charge in [0.05, 0.1) is 17.8 Å². The highest BCUT2D eigenvalue weighted by atomic mass is 32.2. The molecular weight excluding hydrogens is 344 g/mol. The molecule has 1 atom stereocenters. The fraction of sp³-hybridized carbons (Fsp3) is 0.438. The zero-order valence-corrected chi connectivity index (χ0v) is 15.2. The molecule has 1 aromatic rings. The molecular formula is C16H22N4O4S. The van der Waals surface area contributed by atoms with Crippen LogP contribution < -0.4 is 5.32 Å². The number of nitrogens with zero attached hydrogens (tertiary/aromatic N) is 3. The van der Waals surface area contributed by atoms with Crippen LogP contribution in [0.4, 0.5) is 0 Å². The van der Waals surface area contributed by atoms with Crippen molar-refractivity contribution in [3.63, 3.8) is 0 Å². The summed E-state index contributed by atoms with van der Waals surface area (Å²) in [4.78, 5) is 27.0. The fourth-order valence-electron chi connectivity index (χ4n) is 2.06. The van der Waals surface area contributed by atoms with E-state index in [1.807, 2.05) is 6.92 Å². The number of nitrogens with one attached hydrogen (secondary N) is 1. The number of thioether (sulfide) groups is 1. The van der Waals surface area contributed by atoms with Crippen LogP contribution in [0.5, 0.6) is 0 Å². The maximum atomic E-state index is 12.3. The van der Waals surface area contributed by atoms with Gasteiger partial charge in [0.2, 0.25) is 6.04 Å². The molecule has 25 heavy (non-hydrogen) atoms. The van der Waals surface area contributed by atoms with E-state index in [4.69, 9.17) is 5.21 Å². The highest BCUT2D eigenvalue weighted by Gasteiger charge is 2.19. The van der Waals surface area contributed by atoms with Gasteiger partial charge in [0, 0.05) is 23.6 Å². The number of hydrogen-bond donors (Lipinski definition) is 2. The van der Waals surface area contributed by atoms with Crippen molar-refractivity contribution in [3.05, 3.63) is 45.7 Å². The van der Waals surface area contributed by atoms with Crippen LogP contribution in [-0.2, 0) is 0 Å². The predicted octanol–water partition coefficient (Wildman–Crippen LogP) is 2.76. The summed E-state index contributed by atoms with van der Waals surface area (Å²) in [5.41, 5.74) is 1.09. The van der Waals surface area contributed by atoms with Gasteiger partial charge in [0.15, 0.2) is 0 Å². The maximum Gasteiger partial charge on any atom is 0.254 e. The number of oxime groups is 1. The monoisotopic (exact) mass is 366 g/mol. The number of rotatable bonds is 9. The van der Waals surface area contributed by atoms with Crippen LogP contribution in [0.1, 0.15) is 37.6 Å². The molecule has 136 valence electrons. The Morgan fingerprint density at radius 1 is 1.56 bits per heavy atom. The van der Waals surface area contributed by atoms with Gasteiger partial charge in [-0.25, -0.2) is 4.98 Å². The molecule has 1 rings (SSSR count). The van der Waals surface area contributed by atoms with Crippen molar-refractivity contribution in [2.45, 2.75) is 38.3 Å². The summed E-state index contributed by atoms with van der Waals surface area (Å²) in [7, 11) is 0. The molecule has 1 amide bonds. The molecule has 9 heteroatoms. The van der Waals surface area contributed by atoms with Gasteiger partial charge in [-0.15, -0.1) is 11.8 Å². The van der Waals surface area contributed by atoms with E-state index >= 15 is 0 Å². The summed E-state index contributed by atoms with van der Waals surface area (Å²) < 4.78 is 0. The van der Waals surface area contributed by atoms with Crippen molar-refractivity contribution in [2.75, 3.05) is 12.3 Å². The van der Waals surface area contributed by atoms with Crippen molar-refractivity contribution in [2.24, 2.45) is 5.16 Å². The molecule has 0 aliphatic carbocycles. The van der Waals surface area contributed by atoms with Crippen LogP contribution in [0.3, 0.4) is 0 Å². The van der Waals surface area contributed by atoms with Crippen molar-refractivity contribution < 1.29 is 14.9 Å². The second kappa shape index (κ2) is 10.4. The molecule has 0 saturated heterocycles. The van der Waals surface area contributed by atoms with E-state index in [2.05, 4.69) is 15.5 Å². The molecule has 0 aliphatic rings. The Bertz CT molecular complexity index is 676. The smallest absolute Gasteiger partial charge is 0.254 e. The van der Waals surface area contributed by atoms with Crippen LogP contribution in [0.2, 0.25) is 0 Å². The number of pyridine rings is 1. The minimum atomic E-state index is -0.886. The van der Waals surface area contributed by atoms with E-state index in [-0.39, 0.29) is 18.2 Å². The van der Waals surface area contributed by atoms with Crippen LogP contribution >= 0.6 is 11.8 Å². The molecule has 1 heterocycles. The third kappa shape index (κ3) is 6.18. The van der Waals surface area contributed by atoms with Gasteiger partial charge in [-0.3, -0.25) is 14.9 Å². The number of aromatic nitrogens is 1. The summed E-state index contributed by atoms with van der Waals surface area (Å²) in [6.07, 6.45) is 3.50. The second-order valence-electron chi connectivity index (χ2n) is 5.10. The molecule has 0 bridgehead atoms. The predicted molar refractivity (Wildman–Crippen MR) is 97.0 cm³/mol. The summed E-state index contributed by atoms with van der Waals surface area (Å²) in [6.45, 7) is 5.16. The Hall–Kier alpha value is -2.42. The quantitative estimate of drug-likeness (QED) is 0.228. The summed E-state index contributed by atoms with van der Waals surface area (Å²) in [5.74, 6) is 0.432. The van der Waals surface area contributed by atoms with Gasteiger partial charge in [-0.05, 0) is 30.4 Å². The summed E-state index contributed by atoms with van der Waals surface area (Å²) in [6, 6.07) is 2.45. The van der Waals surface area contributed by atoms with Crippen molar-refractivity contribution in [1.82, 2.24) is 10.3 Å². The first kappa shape index (κ1) is 20.6. The minimum absolute atomic E-state index is 0.0472. The molecule has 8 nitrogen and oxygen atoms in total. The molecule has 0 spiro atoms. The summed E-state index contributed by atoms with van der Waals surface area (Å²) in [5, 5.41) is 26.4. The van der Waals surface area contributed by atoms with Gasteiger partial charge in [-0.1, -0.05) is 19.0 Å². The zero-order valence-electron chi connectivity index (χ0n) is 14.4. The maximum absolute atomic E-state index is 12.3. The molecule has 0 aromatic carbocycles. The van der Waals surface area contributed by atoms with Crippen molar-refractivity contribution in [1.29, 1.82) is 0 Å². The highest BCUT2D eigenvalue weighted by Crippen LogP contribution is 2.19. The average Bonchev–Trinajstić information content (AvgIpc) is 2.62. The van der Waals surface area contributed by atoms with Crippen LogP contribution in [-0.4, -0.2) is 45.1 Å². The Labute approximate surface area is 150 Å². The first-order valence-electron chi connectivity index (χ1n) is 7.85. The highest BCUT2D eigenvalue weighted by molar-refractivity contribution is 7.99. The standard InChI is InChI=1S/C16H22N4O4S/c1-4-12(11(3)20(23)24)9-13(19-22)10-18-15(21)14-7-6-8-17-16(14)25-5-2/h6-9,11,22H,4-5,10H2,1-3H3,(H,18,21). The number of carbonyl (C=O) groups is 1. The van der Waals surface area contributed by atoms with Gasteiger partial charge in [-0.2, -0.15) is 0 Å². The number of nitro groups is 1. The van der Waals surface area contributed by atoms with Crippen molar-refractivity contribution in [3.8, 4) is 0 Å². The molecule has 0 radical (unpaired) electrons. The van der Waals surface area contributed by atoms with E-state index in [1.165, 1.54) is 24.8 Å². The first-order valence-corrected chi connectivity index (χ1v) is 8.83. The van der Waals surface area contributed by atoms with Crippen LogP contribution in [0, 0.1) is 10.1 Å². The van der Waals surface area contributed by atoms with E-state index in [0.29, 0.717) is 22.6 Å². The number of carbonyl (C=O) groups excluding carboxylic acids is 1. The summed E-state index contributed by atoms with van der Waals surface area (Å²) >= 11 is 1.45. The van der Waals surface area contributed by atoms with Crippen LogP contribution in [0.25, 0.3) is 0 Å². The molecule has 1 aromatic heterocycles. The fourth-order valence-corrected chi connectivity index (χ4v) is 2.79. The topological polar surface area (TPSA) is 118 Å². The molecule has 2 N–H and O–H groups in total. The van der Waals surface area contributed by atoms with E-state index < -0.39 is 11.0 Å². The third-order valence-corrected chi connectivity index (χ3v) is 4.36. The van der Waals surface area contributed by atoms with Gasteiger partial charge < -0.3 is 10.5 Å². The normalized spacial score (nSPS) is 13.4. The largest absolute Gasteiger partial charge is 0.411 e. The SMILES string of the molecule is CCSc1ncccc1C(=O)NCC(C=C(CC)C(C)[N+](=O)[O-])=NO.